The highest BCUT2D eigenvalue weighted by molar-refractivity contribution is 6.07. The van der Waals surface area contributed by atoms with Gasteiger partial charge in [0.25, 0.3) is 11.5 Å². The van der Waals surface area contributed by atoms with E-state index in [1.165, 1.54) is 6.92 Å². The molecule has 19 nitrogen and oxygen atoms in total. The predicted molar refractivity (Wildman–Crippen MR) is 253 cm³/mol. The maximum Gasteiger partial charge on any atom is 0.317 e. The maximum atomic E-state index is 13.6. The van der Waals surface area contributed by atoms with E-state index in [0.29, 0.717) is 108 Å². The topological polar surface area (TPSA) is 220 Å². The molecule has 5 aromatic heterocycles. The van der Waals surface area contributed by atoms with Gasteiger partial charge in [-0.1, -0.05) is 12.8 Å². The summed E-state index contributed by atoms with van der Waals surface area (Å²) in [5.74, 6) is 3.35. The lowest BCUT2D eigenvalue weighted by atomic mass is 9.82. The van der Waals surface area contributed by atoms with Crippen LogP contribution in [0.15, 0.2) is 53.6 Å². The summed E-state index contributed by atoms with van der Waals surface area (Å²) in [6.45, 7) is 7.11. The highest BCUT2D eigenvalue weighted by Gasteiger charge is 2.28. The minimum atomic E-state index is -0.319. The van der Waals surface area contributed by atoms with E-state index in [2.05, 4.69) is 56.6 Å². The van der Waals surface area contributed by atoms with E-state index in [4.69, 9.17) is 4.98 Å². The number of nitrogens with one attached hydrogen (secondary N) is 5. The minimum Gasteiger partial charge on any atom is -0.373 e. The first-order chi connectivity index (χ1) is 31.4. The molecule has 5 N–H and O–H groups in total. The largest absolute Gasteiger partial charge is 0.373 e. The number of Topliss-reactive ketones (excluding diaryl/α,β-unsaturated/α-hetero) is 1. The van der Waals surface area contributed by atoms with E-state index >= 15 is 0 Å². The monoisotopic (exact) mass is 885 g/mol. The van der Waals surface area contributed by atoms with Crippen LogP contribution in [0.3, 0.4) is 0 Å². The molecule has 2 aliphatic carbocycles. The number of ketones is 1. The Morgan fingerprint density at radius 3 is 2.15 bits per heavy atom. The summed E-state index contributed by atoms with van der Waals surface area (Å²) in [6, 6.07) is 10.9. The third-order valence-corrected chi connectivity index (χ3v) is 13.0. The molecule has 2 saturated carbocycles. The Hall–Kier alpha value is -6.92. The van der Waals surface area contributed by atoms with Gasteiger partial charge in [0.15, 0.2) is 17.4 Å². The van der Waals surface area contributed by atoms with Crippen molar-refractivity contribution in [3.05, 3.63) is 75.8 Å². The molecule has 3 fully saturated rings. The number of rotatable bonds is 14. The third kappa shape index (κ3) is 10.2. The SMILES string of the molecule is CNc1ccc(C(=O)Nc2ccc(N(C)C)nn2)c(NCC2CCC(CNC(=O)N3CCN(c4ccc(Nc5ncc6c(C)c(C(C)=O)c(=O)n(C7CCCC7)c6n5)nc4)CC3)CC2)n1. The molecule has 1 aliphatic heterocycles. The van der Waals surface area contributed by atoms with Crippen molar-refractivity contribution in [3.8, 4) is 0 Å². The van der Waals surface area contributed by atoms with Gasteiger partial charge in [-0.15, -0.1) is 10.2 Å². The van der Waals surface area contributed by atoms with Crippen LogP contribution in [0.1, 0.15) is 90.6 Å². The zero-order chi connectivity index (χ0) is 45.6. The summed E-state index contributed by atoms with van der Waals surface area (Å²) < 4.78 is 1.70. The first-order valence-electron chi connectivity index (χ1n) is 22.6. The van der Waals surface area contributed by atoms with E-state index in [1.807, 2.05) is 36.0 Å². The van der Waals surface area contributed by atoms with Gasteiger partial charge < -0.3 is 41.3 Å². The van der Waals surface area contributed by atoms with Crippen molar-refractivity contribution in [2.24, 2.45) is 11.8 Å². The van der Waals surface area contributed by atoms with Crippen LogP contribution in [0, 0.1) is 18.8 Å². The lowest BCUT2D eigenvalue weighted by molar-refractivity contribution is 0.101. The second kappa shape index (κ2) is 19.9. The molecule has 1 saturated heterocycles. The number of pyridine rings is 3. The molecule has 8 rings (SSSR count). The molecule has 6 heterocycles. The average molecular weight is 886 g/mol. The van der Waals surface area contributed by atoms with Crippen molar-refractivity contribution in [2.45, 2.75) is 71.3 Å². The van der Waals surface area contributed by atoms with Gasteiger partial charge in [0.05, 0.1) is 23.0 Å². The minimum absolute atomic E-state index is 0.00341. The summed E-state index contributed by atoms with van der Waals surface area (Å²) in [6.07, 6.45) is 11.3. The van der Waals surface area contributed by atoms with Gasteiger partial charge in [0, 0.05) is 78.0 Å². The second-order valence-corrected chi connectivity index (χ2v) is 17.5. The average Bonchev–Trinajstić information content (AvgIpc) is 3.85. The number of hydrogen-bond donors (Lipinski definition) is 5. The van der Waals surface area contributed by atoms with Crippen molar-refractivity contribution in [3.63, 3.8) is 0 Å². The lowest BCUT2D eigenvalue weighted by Gasteiger charge is -2.36. The van der Waals surface area contributed by atoms with E-state index in [1.54, 1.807) is 55.2 Å². The van der Waals surface area contributed by atoms with Crippen LogP contribution in [-0.2, 0) is 0 Å². The van der Waals surface area contributed by atoms with E-state index in [0.717, 1.165) is 57.1 Å². The lowest BCUT2D eigenvalue weighted by Crippen LogP contribution is -2.52. The standard InChI is InChI=1S/C46H59N15O4/c1-28-35-27-50-45(55-42(35)61(32-8-6-7-9-32)44(64)40(28)29(2)62)54-37-16-14-33(26-48-37)59-20-22-60(23-21-59)46(65)51-25-31-12-10-30(11-13-31)24-49-41-34(15-17-36(47-3)52-41)43(63)53-38-18-19-39(57-56-38)58(4)5/h14-19,26-27,30-32H,6-13,20-25H2,1-5H3,(H,51,65)(H2,47,49,52)(H,53,56,63)(H,48,50,54,55). The molecule has 0 spiro atoms. The van der Waals surface area contributed by atoms with Gasteiger partial charge in [-0.05, 0) is 106 Å². The molecular formula is C46H59N15O4. The summed E-state index contributed by atoms with van der Waals surface area (Å²) >= 11 is 0. The molecular weight excluding hydrogens is 827 g/mol. The van der Waals surface area contributed by atoms with Gasteiger partial charge in [0.2, 0.25) is 5.95 Å². The first kappa shape index (κ1) is 44.7. The molecule has 5 aromatic rings. The molecule has 65 heavy (non-hydrogen) atoms. The van der Waals surface area contributed by atoms with Gasteiger partial charge in [-0.3, -0.25) is 19.0 Å². The van der Waals surface area contributed by atoms with Crippen LogP contribution in [-0.4, -0.2) is 118 Å². The van der Waals surface area contributed by atoms with Gasteiger partial charge in [-0.25, -0.2) is 19.7 Å². The van der Waals surface area contributed by atoms with Crippen molar-refractivity contribution < 1.29 is 14.4 Å². The number of urea groups is 1. The van der Waals surface area contributed by atoms with Crippen LogP contribution in [0.4, 0.5) is 45.5 Å². The highest BCUT2D eigenvalue weighted by atomic mass is 16.2. The molecule has 3 aliphatic rings. The molecule has 342 valence electrons. The van der Waals surface area contributed by atoms with Crippen LogP contribution >= 0.6 is 0 Å². The molecule has 3 amide bonds. The molecule has 0 radical (unpaired) electrons. The van der Waals surface area contributed by atoms with Crippen LogP contribution in [0.25, 0.3) is 11.0 Å². The highest BCUT2D eigenvalue weighted by Crippen LogP contribution is 2.33. The van der Waals surface area contributed by atoms with Crippen LogP contribution in [0.5, 0.6) is 0 Å². The molecule has 0 aromatic carbocycles. The number of carbonyl (C=O) groups excluding carboxylic acids is 3. The fourth-order valence-electron chi connectivity index (χ4n) is 9.19. The van der Waals surface area contributed by atoms with Gasteiger partial charge in [-0.2, -0.15) is 4.98 Å². The van der Waals surface area contributed by atoms with Crippen molar-refractivity contribution in [2.75, 3.05) is 91.5 Å². The predicted octanol–water partition coefficient (Wildman–Crippen LogP) is 5.85. The Bertz CT molecular complexity index is 2560. The maximum absolute atomic E-state index is 13.6. The second-order valence-electron chi connectivity index (χ2n) is 17.5. The number of hydrogen-bond acceptors (Lipinski definition) is 15. The number of aryl methyl sites for hydroxylation is 1. The van der Waals surface area contributed by atoms with E-state index in [-0.39, 0.29) is 34.9 Å². The Morgan fingerprint density at radius 2 is 1.51 bits per heavy atom. The number of nitrogens with zero attached hydrogens (tertiary/aromatic N) is 10. The Balaban J connectivity index is 0.781. The summed E-state index contributed by atoms with van der Waals surface area (Å²) in [4.78, 5) is 77.1. The Kier molecular flexibility index (Phi) is 13.6. The molecule has 0 atom stereocenters. The smallest absolute Gasteiger partial charge is 0.317 e. The fraction of sp³-hybridized carbons (Fsp3) is 0.478. The Labute approximate surface area is 378 Å². The quantitative estimate of drug-likeness (QED) is 0.0826. The Morgan fingerprint density at radius 1 is 0.800 bits per heavy atom. The van der Waals surface area contributed by atoms with Crippen LogP contribution < -0.4 is 41.9 Å². The number of amides is 3. The molecule has 0 bridgehead atoms. The van der Waals surface area contributed by atoms with Crippen molar-refractivity contribution in [1.82, 2.24) is 44.9 Å². The number of carbonyl (C=O) groups is 3. The van der Waals surface area contributed by atoms with Crippen LogP contribution in [0.2, 0.25) is 0 Å². The summed E-state index contributed by atoms with van der Waals surface area (Å²) in [7, 11) is 5.55. The van der Waals surface area contributed by atoms with E-state index < -0.39 is 0 Å². The van der Waals surface area contributed by atoms with Crippen molar-refractivity contribution >= 4 is 69.5 Å². The molecule has 0 unspecified atom stereocenters. The third-order valence-electron chi connectivity index (χ3n) is 13.0. The van der Waals surface area contributed by atoms with E-state index in [9.17, 15) is 19.2 Å². The van der Waals surface area contributed by atoms with Gasteiger partial charge in [0.1, 0.15) is 23.1 Å². The number of anilines is 7. The van der Waals surface area contributed by atoms with Gasteiger partial charge >= 0.3 is 6.03 Å². The number of piperazine rings is 1. The van der Waals surface area contributed by atoms with Crippen molar-refractivity contribution in [1.29, 1.82) is 0 Å². The molecule has 19 heteroatoms. The normalized spacial score (nSPS) is 17.7. The number of fused-ring (bicyclic) bond motifs is 1. The first-order valence-corrected chi connectivity index (χ1v) is 22.6. The summed E-state index contributed by atoms with van der Waals surface area (Å²) in [5.41, 5.74) is 2.43. The number of aromatic nitrogens is 7. The zero-order valence-corrected chi connectivity index (χ0v) is 37.9. The fourth-order valence-corrected chi connectivity index (χ4v) is 9.19. The summed E-state index contributed by atoms with van der Waals surface area (Å²) in [5, 5.41) is 24.7. The zero-order valence-electron chi connectivity index (χ0n) is 37.9.